The van der Waals surface area contributed by atoms with Crippen LogP contribution in [0.1, 0.15) is 26.7 Å². The Morgan fingerprint density at radius 3 is 1.64 bits per heavy atom. The summed E-state index contributed by atoms with van der Waals surface area (Å²) in [6.07, 6.45) is 2.52. The second kappa shape index (κ2) is 4.76. The molecular weight excluding hydrogens is 204 g/mol. The molecule has 0 aromatic rings. The highest BCUT2D eigenvalue weighted by atomic mass is 35.5. The second-order valence-electron chi connectivity index (χ2n) is 2.83. The van der Waals surface area contributed by atoms with Crippen molar-refractivity contribution in [1.82, 2.24) is 4.90 Å². The second-order valence-corrected chi connectivity index (χ2v) is 4.09. The molecule has 11 heavy (non-hydrogen) atoms. The quantitative estimate of drug-likeness (QED) is 0.520. The van der Waals surface area contributed by atoms with Crippen LogP contribution in [0, 0.1) is 0 Å². The molecular formula is C7H14Cl3N. The number of nitrogens with zero attached hydrogens (tertiary/aromatic N) is 1. The van der Waals surface area contributed by atoms with E-state index < -0.39 is 0 Å². The number of alkyl halides is 2. The van der Waals surface area contributed by atoms with Crippen molar-refractivity contribution in [2.45, 2.75) is 43.7 Å². The van der Waals surface area contributed by atoms with Gasteiger partial charge in [-0.3, -0.25) is 4.90 Å². The van der Waals surface area contributed by atoms with Crippen LogP contribution in [0.2, 0.25) is 0 Å². The Labute approximate surface area is 84.4 Å². The molecule has 0 amide bonds. The van der Waals surface area contributed by atoms with Crippen LogP contribution in [0.4, 0.5) is 0 Å². The molecule has 0 aromatic carbocycles. The SMILES string of the molecule is CC(Cl)N(C(C)Cl)C1CC1.Cl. The van der Waals surface area contributed by atoms with Crippen LogP contribution in [-0.2, 0) is 0 Å². The molecule has 1 nitrogen and oxygen atoms in total. The smallest absolute Gasteiger partial charge is 0.0835 e. The average molecular weight is 219 g/mol. The summed E-state index contributed by atoms with van der Waals surface area (Å²) in [4.78, 5) is 2.14. The third kappa shape index (κ3) is 3.37. The van der Waals surface area contributed by atoms with Gasteiger partial charge in [0.05, 0.1) is 11.0 Å². The molecule has 1 aliphatic carbocycles. The number of halogens is 3. The summed E-state index contributed by atoms with van der Waals surface area (Å²) in [5.41, 5.74) is 0.139. The summed E-state index contributed by atoms with van der Waals surface area (Å²) >= 11 is 11.8. The first kappa shape index (κ1) is 11.8. The van der Waals surface area contributed by atoms with E-state index in [0.717, 1.165) is 0 Å². The van der Waals surface area contributed by atoms with Crippen molar-refractivity contribution in [3.05, 3.63) is 0 Å². The third-order valence-electron chi connectivity index (χ3n) is 1.79. The molecule has 0 aliphatic heterocycles. The lowest BCUT2D eigenvalue weighted by Crippen LogP contribution is -2.36. The molecule has 1 fully saturated rings. The molecule has 0 N–H and O–H groups in total. The largest absolute Gasteiger partial charge is 0.268 e. The Balaban J connectivity index is 0.000001000. The predicted octanol–water partition coefficient (Wildman–Crippen LogP) is 3.04. The molecule has 4 heteroatoms. The molecule has 0 heterocycles. The molecule has 1 aliphatic rings. The van der Waals surface area contributed by atoms with Crippen LogP contribution in [-0.4, -0.2) is 21.9 Å². The topological polar surface area (TPSA) is 3.24 Å². The van der Waals surface area contributed by atoms with Gasteiger partial charge in [0.15, 0.2) is 0 Å². The summed E-state index contributed by atoms with van der Waals surface area (Å²) in [6.45, 7) is 3.94. The molecule has 0 spiro atoms. The van der Waals surface area contributed by atoms with E-state index in [1.165, 1.54) is 12.8 Å². The number of rotatable bonds is 3. The first-order valence-electron chi connectivity index (χ1n) is 3.68. The van der Waals surface area contributed by atoms with Gasteiger partial charge in [-0.1, -0.05) is 0 Å². The Kier molecular flexibility index (Phi) is 5.12. The van der Waals surface area contributed by atoms with Gasteiger partial charge >= 0.3 is 0 Å². The Bertz CT molecular complexity index is 101. The minimum absolute atomic E-state index is 0. The van der Waals surface area contributed by atoms with Crippen molar-refractivity contribution in [3.63, 3.8) is 0 Å². The van der Waals surface area contributed by atoms with E-state index in [1.54, 1.807) is 0 Å². The van der Waals surface area contributed by atoms with Crippen molar-refractivity contribution in [2.24, 2.45) is 0 Å². The standard InChI is InChI=1S/C7H13Cl2N.ClH/c1-5(8)10(6(2)9)7-3-4-7;/h5-7H,3-4H2,1-2H3;1H. The van der Waals surface area contributed by atoms with E-state index >= 15 is 0 Å². The summed E-state index contributed by atoms with van der Waals surface area (Å²) in [5.74, 6) is 0. The van der Waals surface area contributed by atoms with Gasteiger partial charge < -0.3 is 0 Å². The highest BCUT2D eigenvalue weighted by molar-refractivity contribution is 6.22. The number of hydrogen-bond acceptors (Lipinski definition) is 1. The molecule has 2 unspecified atom stereocenters. The number of hydrogen-bond donors (Lipinski definition) is 0. The van der Waals surface area contributed by atoms with E-state index in [1.807, 2.05) is 13.8 Å². The minimum Gasteiger partial charge on any atom is -0.268 e. The van der Waals surface area contributed by atoms with Gasteiger partial charge in [-0.15, -0.1) is 35.6 Å². The Hall–Kier alpha value is 0.830. The average Bonchev–Trinajstić information content (AvgIpc) is 2.46. The van der Waals surface area contributed by atoms with Crippen LogP contribution < -0.4 is 0 Å². The van der Waals surface area contributed by atoms with Crippen LogP contribution in [0.5, 0.6) is 0 Å². The van der Waals surface area contributed by atoms with Gasteiger partial charge in [-0.25, -0.2) is 0 Å². The first-order valence-corrected chi connectivity index (χ1v) is 4.56. The fourth-order valence-corrected chi connectivity index (χ4v) is 1.95. The van der Waals surface area contributed by atoms with Gasteiger partial charge in [0.2, 0.25) is 0 Å². The van der Waals surface area contributed by atoms with Crippen molar-refractivity contribution in [3.8, 4) is 0 Å². The highest BCUT2D eigenvalue weighted by Crippen LogP contribution is 2.32. The fraction of sp³-hybridized carbons (Fsp3) is 1.00. The van der Waals surface area contributed by atoms with Crippen molar-refractivity contribution >= 4 is 35.6 Å². The zero-order valence-electron chi connectivity index (χ0n) is 6.76. The Morgan fingerprint density at radius 1 is 1.18 bits per heavy atom. The van der Waals surface area contributed by atoms with Gasteiger partial charge in [-0.05, 0) is 26.7 Å². The van der Waals surface area contributed by atoms with Gasteiger partial charge in [0, 0.05) is 6.04 Å². The van der Waals surface area contributed by atoms with Crippen LogP contribution in [0.25, 0.3) is 0 Å². The Morgan fingerprint density at radius 2 is 1.55 bits per heavy atom. The fourth-order valence-electron chi connectivity index (χ4n) is 1.24. The van der Waals surface area contributed by atoms with Crippen LogP contribution in [0.15, 0.2) is 0 Å². The molecule has 0 aromatic heterocycles. The maximum Gasteiger partial charge on any atom is 0.0835 e. The highest BCUT2D eigenvalue weighted by Gasteiger charge is 2.33. The molecule has 0 radical (unpaired) electrons. The zero-order valence-corrected chi connectivity index (χ0v) is 9.09. The van der Waals surface area contributed by atoms with Crippen molar-refractivity contribution < 1.29 is 0 Å². The summed E-state index contributed by atoms with van der Waals surface area (Å²) in [5, 5.41) is 0. The third-order valence-corrected chi connectivity index (χ3v) is 2.24. The molecule has 68 valence electrons. The van der Waals surface area contributed by atoms with Gasteiger partial charge in [-0.2, -0.15) is 0 Å². The molecule has 1 rings (SSSR count). The van der Waals surface area contributed by atoms with Crippen molar-refractivity contribution in [1.29, 1.82) is 0 Å². The molecule has 0 bridgehead atoms. The zero-order chi connectivity index (χ0) is 7.72. The summed E-state index contributed by atoms with van der Waals surface area (Å²) in [6, 6.07) is 0.653. The van der Waals surface area contributed by atoms with Crippen LogP contribution in [0.3, 0.4) is 0 Å². The maximum absolute atomic E-state index is 5.92. The minimum atomic E-state index is 0. The normalized spacial score (nSPS) is 22.6. The summed E-state index contributed by atoms with van der Waals surface area (Å²) < 4.78 is 0. The van der Waals surface area contributed by atoms with Crippen LogP contribution >= 0.6 is 35.6 Å². The molecule has 1 saturated carbocycles. The van der Waals surface area contributed by atoms with E-state index in [-0.39, 0.29) is 23.4 Å². The van der Waals surface area contributed by atoms with Gasteiger partial charge in [0.1, 0.15) is 0 Å². The van der Waals surface area contributed by atoms with Gasteiger partial charge in [0.25, 0.3) is 0 Å². The van der Waals surface area contributed by atoms with E-state index in [4.69, 9.17) is 23.2 Å². The summed E-state index contributed by atoms with van der Waals surface area (Å²) in [7, 11) is 0. The lowest BCUT2D eigenvalue weighted by atomic mass is 10.5. The van der Waals surface area contributed by atoms with Crippen molar-refractivity contribution in [2.75, 3.05) is 0 Å². The lowest BCUT2D eigenvalue weighted by molar-refractivity contribution is 0.240. The maximum atomic E-state index is 5.92. The molecule has 0 saturated heterocycles. The monoisotopic (exact) mass is 217 g/mol. The van der Waals surface area contributed by atoms with E-state index in [9.17, 15) is 0 Å². The van der Waals surface area contributed by atoms with E-state index in [0.29, 0.717) is 6.04 Å². The predicted molar refractivity (Wildman–Crippen MR) is 52.7 cm³/mol. The lowest BCUT2D eigenvalue weighted by Gasteiger charge is -2.26. The van der Waals surface area contributed by atoms with E-state index in [2.05, 4.69) is 4.90 Å². The molecule has 2 atom stereocenters. The first-order chi connectivity index (χ1) is 4.63.